The van der Waals surface area contributed by atoms with Crippen molar-refractivity contribution in [1.29, 1.82) is 0 Å². The van der Waals surface area contributed by atoms with Gasteiger partial charge in [0.25, 0.3) is 0 Å². The van der Waals surface area contributed by atoms with Crippen molar-refractivity contribution in [2.24, 2.45) is 0 Å². The van der Waals surface area contributed by atoms with Crippen molar-refractivity contribution in [3.63, 3.8) is 0 Å². The van der Waals surface area contributed by atoms with E-state index in [-0.39, 0.29) is 21.9 Å². The normalized spacial score (nSPS) is 12.7. The average molecular weight is 414 g/mol. The number of nitrogens with one attached hydrogen (secondary N) is 3. The zero-order valence-corrected chi connectivity index (χ0v) is 16.7. The Morgan fingerprint density at radius 1 is 1.04 bits per heavy atom. The predicted octanol–water partition coefficient (Wildman–Crippen LogP) is 3.60. The minimum Gasteiger partial charge on any atom is -0.374 e. The molecule has 2 aromatic carbocycles. The standard InChI is InChI=1S/C18H21ClFN3O3S/c1-11(2)23-27(25,26)15-7-4-13(5-8-15)22-18(24)12(3)21-14-6-9-17(20)16(19)10-14/h4-12,21,23H,1-3H3,(H,22,24)/t12-/m0/s1. The predicted molar refractivity (Wildman–Crippen MR) is 105 cm³/mol. The summed E-state index contributed by atoms with van der Waals surface area (Å²) in [5.41, 5.74) is 0.958. The molecular formula is C18H21ClFN3O3S. The second kappa shape index (κ2) is 8.69. The summed E-state index contributed by atoms with van der Waals surface area (Å²) in [6.07, 6.45) is 0. The van der Waals surface area contributed by atoms with E-state index in [0.717, 1.165) is 0 Å². The van der Waals surface area contributed by atoms with Gasteiger partial charge in [0.1, 0.15) is 11.9 Å². The third kappa shape index (κ3) is 5.92. The molecule has 1 atom stereocenters. The first-order valence-electron chi connectivity index (χ1n) is 8.23. The molecule has 3 N–H and O–H groups in total. The highest BCUT2D eigenvalue weighted by Crippen LogP contribution is 2.20. The highest BCUT2D eigenvalue weighted by atomic mass is 35.5. The van der Waals surface area contributed by atoms with Crippen LogP contribution in [0.2, 0.25) is 5.02 Å². The molecular weight excluding hydrogens is 393 g/mol. The van der Waals surface area contributed by atoms with E-state index < -0.39 is 21.9 Å². The molecule has 6 nitrogen and oxygen atoms in total. The van der Waals surface area contributed by atoms with Crippen molar-refractivity contribution in [2.75, 3.05) is 10.6 Å². The Morgan fingerprint density at radius 3 is 2.19 bits per heavy atom. The highest BCUT2D eigenvalue weighted by Gasteiger charge is 2.17. The van der Waals surface area contributed by atoms with Gasteiger partial charge in [0.05, 0.1) is 9.92 Å². The molecule has 0 unspecified atom stereocenters. The molecule has 146 valence electrons. The van der Waals surface area contributed by atoms with Crippen LogP contribution in [0.3, 0.4) is 0 Å². The number of hydrogen-bond donors (Lipinski definition) is 3. The van der Waals surface area contributed by atoms with Crippen LogP contribution in [0.15, 0.2) is 47.4 Å². The fraction of sp³-hybridized carbons (Fsp3) is 0.278. The van der Waals surface area contributed by atoms with Gasteiger partial charge in [-0.25, -0.2) is 17.5 Å². The van der Waals surface area contributed by atoms with Gasteiger partial charge in [-0.15, -0.1) is 0 Å². The third-order valence-corrected chi connectivity index (χ3v) is 5.48. The number of carbonyl (C=O) groups excluding carboxylic acids is 1. The van der Waals surface area contributed by atoms with E-state index in [1.54, 1.807) is 20.8 Å². The molecule has 0 spiro atoms. The smallest absolute Gasteiger partial charge is 0.246 e. The van der Waals surface area contributed by atoms with E-state index in [9.17, 15) is 17.6 Å². The van der Waals surface area contributed by atoms with E-state index in [2.05, 4.69) is 15.4 Å². The van der Waals surface area contributed by atoms with Gasteiger partial charge < -0.3 is 10.6 Å². The van der Waals surface area contributed by atoms with Crippen LogP contribution in [-0.2, 0) is 14.8 Å². The van der Waals surface area contributed by atoms with Crippen LogP contribution in [0, 0.1) is 5.82 Å². The molecule has 0 fully saturated rings. The van der Waals surface area contributed by atoms with Crippen LogP contribution >= 0.6 is 11.6 Å². The Balaban J connectivity index is 2.01. The second-order valence-electron chi connectivity index (χ2n) is 6.28. The van der Waals surface area contributed by atoms with E-state index in [1.165, 1.54) is 42.5 Å². The van der Waals surface area contributed by atoms with Crippen LogP contribution in [0.25, 0.3) is 0 Å². The molecule has 9 heteroatoms. The van der Waals surface area contributed by atoms with Gasteiger partial charge in [-0.1, -0.05) is 11.6 Å². The maximum Gasteiger partial charge on any atom is 0.246 e. The summed E-state index contributed by atoms with van der Waals surface area (Å²) in [7, 11) is -3.59. The van der Waals surface area contributed by atoms with Crippen LogP contribution in [0.1, 0.15) is 20.8 Å². The Bertz CT molecular complexity index is 918. The lowest BCUT2D eigenvalue weighted by Crippen LogP contribution is -2.32. The third-order valence-electron chi connectivity index (χ3n) is 3.52. The molecule has 0 aromatic heterocycles. The number of carbonyl (C=O) groups is 1. The molecule has 0 aliphatic carbocycles. The zero-order valence-electron chi connectivity index (χ0n) is 15.1. The molecule has 0 aliphatic heterocycles. The zero-order chi connectivity index (χ0) is 20.2. The van der Waals surface area contributed by atoms with Gasteiger partial charge in [0.15, 0.2) is 0 Å². The molecule has 2 aromatic rings. The Labute approximate surface area is 163 Å². The quantitative estimate of drug-likeness (QED) is 0.647. The summed E-state index contributed by atoms with van der Waals surface area (Å²) in [4.78, 5) is 12.4. The maximum atomic E-state index is 13.2. The lowest BCUT2D eigenvalue weighted by atomic mass is 10.2. The fourth-order valence-electron chi connectivity index (χ4n) is 2.25. The van der Waals surface area contributed by atoms with E-state index in [1.807, 2.05) is 0 Å². The SMILES string of the molecule is CC(C)NS(=O)(=O)c1ccc(NC(=O)[C@H](C)Nc2ccc(F)c(Cl)c2)cc1. The number of benzene rings is 2. The molecule has 0 saturated heterocycles. The van der Waals surface area contributed by atoms with Crippen LogP contribution in [0.4, 0.5) is 15.8 Å². The van der Waals surface area contributed by atoms with Gasteiger partial charge in [-0.3, -0.25) is 4.79 Å². The van der Waals surface area contributed by atoms with Crippen LogP contribution in [-0.4, -0.2) is 26.4 Å². The number of rotatable bonds is 7. The number of sulfonamides is 1. The topological polar surface area (TPSA) is 87.3 Å². The minimum atomic E-state index is -3.59. The number of anilines is 2. The number of hydrogen-bond acceptors (Lipinski definition) is 4. The Hall–Kier alpha value is -2.16. The van der Waals surface area contributed by atoms with Crippen LogP contribution < -0.4 is 15.4 Å². The van der Waals surface area contributed by atoms with Gasteiger partial charge in [0, 0.05) is 17.4 Å². The van der Waals surface area contributed by atoms with Crippen LogP contribution in [0.5, 0.6) is 0 Å². The van der Waals surface area contributed by atoms with Crippen molar-refractivity contribution < 1.29 is 17.6 Å². The second-order valence-corrected chi connectivity index (χ2v) is 8.41. The minimum absolute atomic E-state index is 0.0422. The maximum absolute atomic E-state index is 13.2. The van der Waals surface area contributed by atoms with E-state index in [4.69, 9.17) is 11.6 Å². The Morgan fingerprint density at radius 2 is 1.63 bits per heavy atom. The summed E-state index contributed by atoms with van der Waals surface area (Å²) in [6.45, 7) is 5.10. The monoisotopic (exact) mass is 413 g/mol. The molecule has 0 bridgehead atoms. The van der Waals surface area contributed by atoms with Crippen molar-refractivity contribution in [3.05, 3.63) is 53.3 Å². The Kier molecular flexibility index (Phi) is 6.80. The first-order chi connectivity index (χ1) is 12.6. The van der Waals surface area contributed by atoms with E-state index in [0.29, 0.717) is 11.4 Å². The summed E-state index contributed by atoms with van der Waals surface area (Å²) < 4.78 is 39.9. The van der Waals surface area contributed by atoms with E-state index >= 15 is 0 Å². The lowest BCUT2D eigenvalue weighted by molar-refractivity contribution is -0.116. The van der Waals surface area contributed by atoms with Gasteiger partial charge in [-0.05, 0) is 63.2 Å². The first kappa shape index (κ1) is 21.1. The molecule has 0 aliphatic rings. The van der Waals surface area contributed by atoms with Crippen molar-refractivity contribution >= 4 is 38.9 Å². The summed E-state index contributed by atoms with van der Waals surface area (Å²) in [5.74, 6) is -0.882. The average Bonchev–Trinajstić information content (AvgIpc) is 2.57. The molecule has 0 radical (unpaired) electrons. The first-order valence-corrected chi connectivity index (χ1v) is 10.1. The highest BCUT2D eigenvalue weighted by molar-refractivity contribution is 7.89. The summed E-state index contributed by atoms with van der Waals surface area (Å²) in [5, 5.41) is 5.56. The molecule has 1 amide bonds. The largest absolute Gasteiger partial charge is 0.374 e. The fourth-order valence-corrected chi connectivity index (χ4v) is 3.68. The summed E-state index contributed by atoms with van der Waals surface area (Å²) in [6, 6.07) is 9.08. The molecule has 0 saturated carbocycles. The lowest BCUT2D eigenvalue weighted by Gasteiger charge is -2.16. The van der Waals surface area contributed by atoms with Crippen molar-refractivity contribution in [2.45, 2.75) is 37.8 Å². The van der Waals surface area contributed by atoms with Crippen molar-refractivity contribution in [1.82, 2.24) is 4.72 Å². The molecule has 2 rings (SSSR count). The molecule has 27 heavy (non-hydrogen) atoms. The van der Waals surface area contributed by atoms with Gasteiger partial charge >= 0.3 is 0 Å². The van der Waals surface area contributed by atoms with Crippen molar-refractivity contribution in [3.8, 4) is 0 Å². The van der Waals surface area contributed by atoms with Gasteiger partial charge in [0.2, 0.25) is 15.9 Å². The summed E-state index contributed by atoms with van der Waals surface area (Å²) >= 11 is 5.72. The molecule has 0 heterocycles. The number of halogens is 2. The number of amides is 1. The van der Waals surface area contributed by atoms with Gasteiger partial charge in [-0.2, -0.15) is 0 Å².